The first-order valence-electron chi connectivity index (χ1n) is 14.3. The van der Waals surface area contributed by atoms with E-state index in [2.05, 4.69) is 29.2 Å². The first-order valence-corrected chi connectivity index (χ1v) is 14.3. The molecule has 4 nitrogen and oxygen atoms in total. The molecule has 0 spiro atoms. The summed E-state index contributed by atoms with van der Waals surface area (Å²) in [6.07, 6.45) is 14.8. The lowest BCUT2D eigenvalue weighted by molar-refractivity contribution is -0.134. The second-order valence-corrected chi connectivity index (χ2v) is 12.0. The highest BCUT2D eigenvalue weighted by atomic mass is 16.5. The molecule has 1 saturated heterocycles. The minimum Gasteiger partial charge on any atom is -0.494 e. The van der Waals surface area contributed by atoms with Gasteiger partial charge in [-0.3, -0.25) is 14.5 Å². The zero-order valence-electron chi connectivity index (χ0n) is 21.2. The Morgan fingerprint density at radius 2 is 1.83 bits per heavy atom. The number of fused-ring (bicyclic) bond motifs is 5. The summed E-state index contributed by atoms with van der Waals surface area (Å²) in [5, 5.41) is 0. The first-order chi connectivity index (χ1) is 17.1. The maximum Gasteiger partial charge on any atom is 0.155 e. The highest BCUT2D eigenvalue weighted by Crippen LogP contribution is 2.61. The molecule has 35 heavy (non-hydrogen) atoms. The van der Waals surface area contributed by atoms with Gasteiger partial charge in [-0.25, -0.2) is 0 Å². The van der Waals surface area contributed by atoms with Crippen LogP contribution in [0.25, 0.3) is 0 Å². The van der Waals surface area contributed by atoms with E-state index in [9.17, 15) is 9.59 Å². The summed E-state index contributed by atoms with van der Waals surface area (Å²) < 4.78 is 6.31. The quantitative estimate of drug-likeness (QED) is 0.496. The Labute approximate surface area is 210 Å². The number of ketones is 2. The van der Waals surface area contributed by atoms with Crippen molar-refractivity contribution in [3.05, 3.63) is 41.5 Å². The van der Waals surface area contributed by atoms with Gasteiger partial charge in [0, 0.05) is 24.8 Å². The van der Waals surface area contributed by atoms with Crippen LogP contribution in [0.1, 0.15) is 82.6 Å². The minimum absolute atomic E-state index is 0.168. The van der Waals surface area contributed by atoms with E-state index in [0.717, 1.165) is 63.7 Å². The summed E-state index contributed by atoms with van der Waals surface area (Å²) in [5.74, 6) is 4.22. The van der Waals surface area contributed by atoms with Gasteiger partial charge in [-0.15, -0.1) is 0 Å². The molecule has 4 heteroatoms. The standard InChI is InChI=1S/C31H41NO3/c33-24-8-10-26-23(20-24)7-9-28-27(26)13-14-31(29(28)11-12-30(31)34)15-18-35-25-6-4-5-22(19-25)21-32-16-2-1-3-17-32/h4-6,19-20,26-29H,1-3,7-18,21H2/t26?,27?,28?,29?,31-/m1/s1. The predicted molar refractivity (Wildman–Crippen MR) is 137 cm³/mol. The molecule has 4 aliphatic carbocycles. The van der Waals surface area contributed by atoms with E-state index in [4.69, 9.17) is 4.74 Å². The normalized spacial score (nSPS) is 35.1. The molecule has 188 valence electrons. The molecular weight excluding hydrogens is 434 g/mol. The van der Waals surface area contributed by atoms with Gasteiger partial charge in [-0.05, 0) is 118 Å². The number of ether oxygens (including phenoxy) is 1. The largest absolute Gasteiger partial charge is 0.494 e. The molecule has 6 rings (SSSR count). The molecule has 1 aromatic rings. The number of nitrogens with zero attached hydrogens (tertiary/aromatic N) is 1. The Morgan fingerprint density at radius 3 is 2.71 bits per heavy atom. The van der Waals surface area contributed by atoms with Gasteiger partial charge in [-0.1, -0.05) is 24.1 Å². The van der Waals surface area contributed by atoms with Crippen molar-refractivity contribution in [2.45, 2.75) is 83.6 Å². The van der Waals surface area contributed by atoms with Crippen LogP contribution in [0.15, 0.2) is 35.9 Å². The van der Waals surface area contributed by atoms with Gasteiger partial charge in [0.1, 0.15) is 11.5 Å². The third kappa shape index (κ3) is 4.52. The third-order valence-electron chi connectivity index (χ3n) is 10.3. The van der Waals surface area contributed by atoms with E-state index in [-0.39, 0.29) is 5.41 Å². The zero-order chi connectivity index (χ0) is 23.8. The van der Waals surface area contributed by atoms with Crippen LogP contribution in [0.3, 0.4) is 0 Å². The Balaban J connectivity index is 1.11. The summed E-state index contributed by atoms with van der Waals surface area (Å²) in [6.45, 7) is 4.05. The van der Waals surface area contributed by atoms with Gasteiger partial charge in [-0.2, -0.15) is 0 Å². The van der Waals surface area contributed by atoms with Crippen molar-refractivity contribution < 1.29 is 14.3 Å². The molecule has 0 amide bonds. The Morgan fingerprint density at radius 1 is 0.943 bits per heavy atom. The predicted octanol–water partition coefficient (Wildman–Crippen LogP) is 6.13. The number of piperidine rings is 1. The van der Waals surface area contributed by atoms with E-state index in [1.807, 2.05) is 6.08 Å². The van der Waals surface area contributed by atoms with Crippen LogP contribution in [0.2, 0.25) is 0 Å². The van der Waals surface area contributed by atoms with Crippen molar-refractivity contribution in [1.29, 1.82) is 0 Å². The summed E-state index contributed by atoms with van der Waals surface area (Å²) in [6, 6.07) is 8.60. The zero-order valence-corrected chi connectivity index (χ0v) is 21.2. The van der Waals surface area contributed by atoms with E-state index < -0.39 is 0 Å². The van der Waals surface area contributed by atoms with Gasteiger partial charge >= 0.3 is 0 Å². The van der Waals surface area contributed by atoms with E-state index in [0.29, 0.717) is 41.8 Å². The van der Waals surface area contributed by atoms with Gasteiger partial charge in [0.05, 0.1) is 6.61 Å². The van der Waals surface area contributed by atoms with Crippen LogP contribution < -0.4 is 4.74 Å². The van der Waals surface area contributed by atoms with Crippen molar-refractivity contribution in [2.24, 2.45) is 29.1 Å². The minimum atomic E-state index is -0.168. The van der Waals surface area contributed by atoms with E-state index in [1.54, 1.807) is 0 Å². The molecule has 1 heterocycles. The van der Waals surface area contributed by atoms with E-state index >= 15 is 0 Å². The third-order valence-corrected chi connectivity index (χ3v) is 10.3. The second-order valence-electron chi connectivity index (χ2n) is 12.0. The lowest BCUT2D eigenvalue weighted by Gasteiger charge is -2.53. The van der Waals surface area contributed by atoms with Crippen LogP contribution in [-0.2, 0) is 16.1 Å². The van der Waals surface area contributed by atoms with Crippen molar-refractivity contribution >= 4 is 11.6 Å². The van der Waals surface area contributed by atoms with E-state index in [1.165, 1.54) is 49.9 Å². The summed E-state index contributed by atoms with van der Waals surface area (Å²) in [4.78, 5) is 27.9. The number of carbonyl (C=O) groups is 2. The molecule has 4 fully saturated rings. The average molecular weight is 476 g/mol. The van der Waals surface area contributed by atoms with Crippen LogP contribution in [0.4, 0.5) is 0 Å². The van der Waals surface area contributed by atoms with Crippen molar-refractivity contribution in [3.8, 4) is 5.75 Å². The fourth-order valence-electron chi connectivity index (χ4n) is 8.68. The molecule has 0 aromatic heterocycles. The molecular formula is C31H41NO3. The monoisotopic (exact) mass is 475 g/mol. The maximum absolute atomic E-state index is 13.3. The Hall–Kier alpha value is -1.94. The summed E-state index contributed by atoms with van der Waals surface area (Å²) >= 11 is 0. The van der Waals surface area contributed by atoms with Gasteiger partial charge in [0.25, 0.3) is 0 Å². The number of rotatable bonds is 6. The topological polar surface area (TPSA) is 46.6 Å². The van der Waals surface area contributed by atoms with Crippen molar-refractivity contribution in [2.75, 3.05) is 19.7 Å². The number of benzene rings is 1. The number of hydrogen-bond acceptors (Lipinski definition) is 4. The lowest BCUT2D eigenvalue weighted by atomic mass is 9.51. The smallest absolute Gasteiger partial charge is 0.155 e. The summed E-state index contributed by atoms with van der Waals surface area (Å²) in [5.41, 5.74) is 2.58. The van der Waals surface area contributed by atoms with Gasteiger partial charge < -0.3 is 4.74 Å². The fraction of sp³-hybridized carbons (Fsp3) is 0.677. The molecule has 0 N–H and O–H groups in total. The van der Waals surface area contributed by atoms with Crippen LogP contribution >= 0.6 is 0 Å². The Kier molecular flexibility index (Phi) is 6.60. The molecule has 1 aliphatic heterocycles. The Bertz CT molecular complexity index is 993. The molecule has 0 bridgehead atoms. The lowest BCUT2D eigenvalue weighted by Crippen LogP contribution is -2.48. The fourth-order valence-corrected chi connectivity index (χ4v) is 8.68. The highest BCUT2D eigenvalue weighted by molar-refractivity contribution is 5.91. The van der Waals surface area contributed by atoms with Crippen LogP contribution in [0, 0.1) is 29.1 Å². The highest BCUT2D eigenvalue weighted by Gasteiger charge is 2.58. The van der Waals surface area contributed by atoms with Crippen LogP contribution in [0.5, 0.6) is 5.75 Å². The second kappa shape index (κ2) is 9.84. The summed E-state index contributed by atoms with van der Waals surface area (Å²) in [7, 11) is 0. The number of likely N-dealkylation sites (tertiary alicyclic amines) is 1. The average Bonchev–Trinajstić information content (AvgIpc) is 3.21. The molecule has 5 atom stereocenters. The number of allylic oxidation sites excluding steroid dienone is 1. The molecule has 3 saturated carbocycles. The molecule has 4 unspecified atom stereocenters. The van der Waals surface area contributed by atoms with Crippen molar-refractivity contribution in [3.63, 3.8) is 0 Å². The molecule has 1 aromatic carbocycles. The number of hydrogen-bond donors (Lipinski definition) is 0. The SMILES string of the molecule is O=C1C=C2CCC3C(CC[C@]4(CCOc5cccc(CN6CCCCC6)c5)C(=O)CCC34)C2CC1. The maximum atomic E-state index is 13.3. The molecule has 0 radical (unpaired) electrons. The van der Waals surface area contributed by atoms with Gasteiger partial charge in [0.15, 0.2) is 5.78 Å². The number of carbonyl (C=O) groups excluding carboxylic acids is 2. The number of Topliss-reactive ketones (excluding diaryl/α,β-unsaturated/α-hetero) is 1. The first kappa shape index (κ1) is 23.5. The van der Waals surface area contributed by atoms with Crippen LogP contribution in [-0.4, -0.2) is 36.2 Å². The van der Waals surface area contributed by atoms with Gasteiger partial charge in [0.2, 0.25) is 0 Å². The molecule has 5 aliphatic rings. The van der Waals surface area contributed by atoms with Crippen molar-refractivity contribution in [1.82, 2.24) is 4.90 Å².